The van der Waals surface area contributed by atoms with E-state index >= 15 is 0 Å². The molecule has 0 spiro atoms. The molecule has 7 nitrogen and oxygen atoms in total. The Kier molecular flexibility index (Phi) is 6.99. The van der Waals surface area contributed by atoms with Gasteiger partial charge in [-0.25, -0.2) is 9.97 Å². The maximum absolute atomic E-state index is 5.28. The Balaban J connectivity index is 1.31. The normalized spacial score (nSPS) is 11.5. The van der Waals surface area contributed by atoms with Gasteiger partial charge in [-0.2, -0.15) is 0 Å². The van der Waals surface area contributed by atoms with E-state index in [0.717, 1.165) is 66.7 Å². The van der Waals surface area contributed by atoms with Crippen molar-refractivity contribution in [3.05, 3.63) is 176 Å². The number of anilines is 3. The summed E-state index contributed by atoms with van der Waals surface area (Å²) in [7, 11) is 0. The minimum absolute atomic E-state index is 0.590. The van der Waals surface area contributed by atoms with E-state index in [2.05, 4.69) is 140 Å². The fourth-order valence-corrected chi connectivity index (χ4v) is 7.33. The van der Waals surface area contributed by atoms with E-state index in [0.29, 0.717) is 11.6 Å². The first-order chi connectivity index (χ1) is 25.8. The minimum atomic E-state index is 0.590. The molecule has 4 heterocycles. The number of aromatic nitrogens is 5. The van der Waals surface area contributed by atoms with Crippen molar-refractivity contribution in [2.75, 3.05) is 10.7 Å². The van der Waals surface area contributed by atoms with E-state index in [4.69, 9.17) is 9.97 Å². The Bertz CT molecular complexity index is 2880. The topological polar surface area (TPSA) is 72.6 Å². The molecule has 0 atom stereocenters. The van der Waals surface area contributed by atoms with Crippen molar-refractivity contribution >= 4 is 60.8 Å². The van der Waals surface area contributed by atoms with Gasteiger partial charge in [-0.1, -0.05) is 115 Å². The van der Waals surface area contributed by atoms with Gasteiger partial charge in [0.2, 0.25) is 0 Å². The van der Waals surface area contributed by atoms with Gasteiger partial charge in [0, 0.05) is 56.4 Å². The van der Waals surface area contributed by atoms with Crippen molar-refractivity contribution in [1.29, 1.82) is 0 Å². The number of fused-ring (bicyclic) bond motifs is 7. The standard InChI is InChI=1S/C45H31N7/c1-4-14-30(15-5-1)40-41(47-32-16-6-2-7-17-32)45(49-44(48-40)31-26-28-46-29-27-31)50-52-39-23-13-11-21-35(39)37-25-24-36-34-20-10-12-22-38(34)51(42(36)43(37)52)33-18-8-3-9-19-33/h1-29,47H,(H,48,49,50). The van der Waals surface area contributed by atoms with Crippen LogP contribution in [0.25, 0.3) is 71.9 Å². The Morgan fingerprint density at radius 3 is 1.79 bits per heavy atom. The molecule has 0 aliphatic heterocycles. The lowest BCUT2D eigenvalue weighted by molar-refractivity contribution is 1.02. The van der Waals surface area contributed by atoms with Crippen molar-refractivity contribution in [3.63, 3.8) is 0 Å². The number of rotatable bonds is 7. The second-order valence-corrected chi connectivity index (χ2v) is 12.7. The molecule has 0 radical (unpaired) electrons. The van der Waals surface area contributed by atoms with Gasteiger partial charge in [-0.3, -0.25) is 15.1 Å². The van der Waals surface area contributed by atoms with Gasteiger partial charge in [0.25, 0.3) is 0 Å². The lowest BCUT2D eigenvalue weighted by atomic mass is 10.1. The zero-order chi connectivity index (χ0) is 34.4. The number of nitrogens with zero attached hydrogens (tertiary/aromatic N) is 5. The van der Waals surface area contributed by atoms with Crippen molar-refractivity contribution in [1.82, 2.24) is 24.2 Å². The predicted molar refractivity (Wildman–Crippen MR) is 213 cm³/mol. The third-order valence-corrected chi connectivity index (χ3v) is 9.64. The van der Waals surface area contributed by atoms with E-state index in [1.165, 1.54) is 10.8 Å². The van der Waals surface area contributed by atoms with Crippen LogP contribution in [0.3, 0.4) is 0 Å². The highest BCUT2D eigenvalue weighted by atomic mass is 15.4. The smallest absolute Gasteiger partial charge is 0.173 e. The van der Waals surface area contributed by atoms with Crippen LogP contribution in [0.15, 0.2) is 176 Å². The molecule has 0 aliphatic carbocycles. The summed E-state index contributed by atoms with van der Waals surface area (Å²) in [5.41, 5.74) is 13.6. The predicted octanol–water partition coefficient (Wildman–Crippen LogP) is 11.0. The summed E-state index contributed by atoms with van der Waals surface area (Å²) in [6, 6.07) is 56.6. The summed E-state index contributed by atoms with van der Waals surface area (Å²) in [5.74, 6) is 1.22. The molecule has 52 heavy (non-hydrogen) atoms. The number of para-hydroxylation sites is 4. The van der Waals surface area contributed by atoms with Crippen molar-refractivity contribution in [3.8, 4) is 28.3 Å². The molecule has 4 aromatic heterocycles. The van der Waals surface area contributed by atoms with Gasteiger partial charge in [0.05, 0.1) is 22.1 Å². The Hall–Kier alpha value is -7.25. The summed E-state index contributed by atoms with van der Waals surface area (Å²) in [6.07, 6.45) is 3.55. The van der Waals surface area contributed by atoms with E-state index in [9.17, 15) is 0 Å². The van der Waals surface area contributed by atoms with Gasteiger partial charge < -0.3 is 9.88 Å². The van der Waals surface area contributed by atoms with Gasteiger partial charge >= 0.3 is 0 Å². The molecular formula is C45H31N7. The summed E-state index contributed by atoms with van der Waals surface area (Å²) >= 11 is 0. The lowest BCUT2D eigenvalue weighted by Gasteiger charge is -2.20. The number of benzene rings is 6. The number of pyridine rings is 1. The van der Waals surface area contributed by atoms with Crippen LogP contribution in [0.4, 0.5) is 17.2 Å². The molecule has 0 amide bonds. The van der Waals surface area contributed by atoms with Crippen LogP contribution in [0, 0.1) is 0 Å². The maximum Gasteiger partial charge on any atom is 0.173 e. The van der Waals surface area contributed by atoms with Gasteiger partial charge in [0.1, 0.15) is 11.4 Å². The highest BCUT2D eigenvalue weighted by Crippen LogP contribution is 2.42. The average Bonchev–Trinajstić information content (AvgIpc) is 3.72. The van der Waals surface area contributed by atoms with Gasteiger partial charge in [-0.05, 0) is 48.5 Å². The van der Waals surface area contributed by atoms with Crippen LogP contribution in [-0.2, 0) is 0 Å². The largest absolute Gasteiger partial charge is 0.351 e. The summed E-state index contributed by atoms with van der Waals surface area (Å²) in [6.45, 7) is 0. The summed E-state index contributed by atoms with van der Waals surface area (Å²) in [5, 5.41) is 8.35. The first-order valence-electron chi connectivity index (χ1n) is 17.3. The second-order valence-electron chi connectivity index (χ2n) is 12.7. The van der Waals surface area contributed by atoms with Crippen LogP contribution in [0.1, 0.15) is 0 Å². The molecule has 0 fully saturated rings. The molecule has 10 rings (SSSR count). The van der Waals surface area contributed by atoms with Crippen LogP contribution >= 0.6 is 0 Å². The van der Waals surface area contributed by atoms with E-state index < -0.39 is 0 Å². The zero-order valence-corrected chi connectivity index (χ0v) is 28.0. The molecule has 0 saturated heterocycles. The number of nitrogens with one attached hydrogen (secondary N) is 2. The minimum Gasteiger partial charge on any atom is -0.351 e. The lowest BCUT2D eigenvalue weighted by Crippen LogP contribution is -2.14. The molecule has 246 valence electrons. The van der Waals surface area contributed by atoms with E-state index in [1.807, 2.05) is 48.5 Å². The first-order valence-corrected chi connectivity index (χ1v) is 17.3. The molecule has 0 aliphatic rings. The quantitative estimate of drug-likeness (QED) is 0.177. The molecule has 7 heteroatoms. The van der Waals surface area contributed by atoms with Crippen molar-refractivity contribution in [2.45, 2.75) is 0 Å². The van der Waals surface area contributed by atoms with Gasteiger partial charge in [-0.15, -0.1) is 0 Å². The highest BCUT2D eigenvalue weighted by Gasteiger charge is 2.23. The fourth-order valence-electron chi connectivity index (χ4n) is 7.33. The number of hydrogen-bond acceptors (Lipinski definition) is 5. The summed E-state index contributed by atoms with van der Waals surface area (Å²) in [4.78, 5) is 14.7. The monoisotopic (exact) mass is 669 g/mol. The van der Waals surface area contributed by atoms with Crippen molar-refractivity contribution in [2.24, 2.45) is 0 Å². The fraction of sp³-hybridized carbons (Fsp3) is 0. The van der Waals surface area contributed by atoms with Gasteiger partial charge in [0.15, 0.2) is 11.6 Å². The third kappa shape index (κ3) is 4.87. The van der Waals surface area contributed by atoms with E-state index in [-0.39, 0.29) is 0 Å². The molecular weight excluding hydrogens is 639 g/mol. The van der Waals surface area contributed by atoms with Crippen LogP contribution in [0.2, 0.25) is 0 Å². The second kappa shape index (κ2) is 12.3. The maximum atomic E-state index is 5.28. The van der Waals surface area contributed by atoms with Crippen molar-refractivity contribution < 1.29 is 0 Å². The van der Waals surface area contributed by atoms with Crippen LogP contribution in [0.5, 0.6) is 0 Å². The molecule has 0 saturated carbocycles. The SMILES string of the molecule is c1ccc(Nc2c(Nn3c4ccccc4c4ccc5c6ccccc6n(-c6ccccc6)c5c43)nc(-c3ccncc3)nc2-c2ccccc2)cc1. The first kappa shape index (κ1) is 29.6. The van der Waals surface area contributed by atoms with Crippen LogP contribution < -0.4 is 10.7 Å². The number of hydrogen-bond donors (Lipinski definition) is 2. The van der Waals surface area contributed by atoms with E-state index in [1.54, 1.807) is 12.4 Å². The molecule has 0 unspecified atom stereocenters. The Morgan fingerprint density at radius 2 is 1.06 bits per heavy atom. The Morgan fingerprint density at radius 1 is 0.462 bits per heavy atom. The molecule has 6 aromatic carbocycles. The Labute approximate surface area is 299 Å². The summed E-state index contributed by atoms with van der Waals surface area (Å²) < 4.78 is 4.58. The zero-order valence-electron chi connectivity index (χ0n) is 28.0. The highest BCUT2D eigenvalue weighted by molar-refractivity contribution is 6.23. The third-order valence-electron chi connectivity index (χ3n) is 9.64. The molecule has 10 aromatic rings. The molecule has 2 N–H and O–H groups in total. The molecule has 0 bridgehead atoms. The average molecular weight is 670 g/mol. The van der Waals surface area contributed by atoms with Crippen LogP contribution in [-0.4, -0.2) is 24.2 Å².